The molecule has 9 aromatic rings. The molecule has 0 aliphatic carbocycles. The molecule has 4 heterocycles. The van der Waals surface area contributed by atoms with Gasteiger partial charge in [0.25, 0.3) is 0 Å². The molecule has 0 saturated heterocycles. The molecule has 0 aliphatic heterocycles. The molecule has 5 aromatic carbocycles. The predicted molar refractivity (Wildman–Crippen MR) is 248 cm³/mol. The van der Waals surface area contributed by atoms with E-state index in [0.717, 1.165) is 84.0 Å². The van der Waals surface area contributed by atoms with Crippen molar-refractivity contribution < 1.29 is 0 Å². The van der Waals surface area contributed by atoms with Crippen LogP contribution < -0.4 is 0 Å². The van der Waals surface area contributed by atoms with E-state index in [2.05, 4.69) is 61.2 Å². The van der Waals surface area contributed by atoms with Crippen molar-refractivity contribution in [1.29, 1.82) is 0 Å². The van der Waals surface area contributed by atoms with Crippen LogP contribution in [-0.2, 0) is 0 Å². The van der Waals surface area contributed by atoms with Crippen LogP contribution >= 0.6 is 0 Å². The Hall–Kier alpha value is -8.29. The van der Waals surface area contributed by atoms with Gasteiger partial charge >= 0.3 is 0 Å². The molecule has 7 nitrogen and oxygen atoms in total. The lowest BCUT2D eigenvalue weighted by Gasteiger charge is -2.16. The van der Waals surface area contributed by atoms with Crippen LogP contribution in [0.15, 0.2) is 218 Å². The van der Waals surface area contributed by atoms with Crippen molar-refractivity contribution in [3.63, 3.8) is 0 Å². The van der Waals surface area contributed by atoms with E-state index in [9.17, 15) is 0 Å². The minimum absolute atomic E-state index is 0.546. The summed E-state index contributed by atoms with van der Waals surface area (Å²) in [6, 6.07) is 57.4. The Bertz CT molecular complexity index is 2760. The Morgan fingerprint density at radius 2 is 0.770 bits per heavy atom. The van der Waals surface area contributed by atoms with Crippen molar-refractivity contribution in [1.82, 2.24) is 29.9 Å². The molecule has 0 fully saturated rings. The van der Waals surface area contributed by atoms with Gasteiger partial charge in [-0.05, 0) is 126 Å². The van der Waals surface area contributed by atoms with Gasteiger partial charge in [0.05, 0.1) is 22.8 Å². The minimum Gasteiger partial charge on any atom is -0.257 e. The standard InChI is InChI=1S/C54H39N7/c1-3-24-55-48(4-2)43-29-41(30-44(35-43)49-21-11-14-25-56-49)39-28-40(42-31-45(50-22-12-15-26-57-50)36-46(32-42)51-23-13-16-27-58-51)34-47(33-39)54-60-52(37-17-7-5-8-18-37)59-53(61-54)38-19-9-6-10-20-38/h3-36H,2H2,1H3/b24-3-,55-48+. The van der Waals surface area contributed by atoms with Gasteiger partial charge in [0, 0.05) is 63.7 Å². The first-order valence-electron chi connectivity index (χ1n) is 20.0. The van der Waals surface area contributed by atoms with E-state index in [0.29, 0.717) is 17.5 Å². The third kappa shape index (κ3) is 8.63. The van der Waals surface area contributed by atoms with E-state index in [4.69, 9.17) is 34.9 Å². The summed E-state index contributed by atoms with van der Waals surface area (Å²) in [7, 11) is 0. The summed E-state index contributed by atoms with van der Waals surface area (Å²) in [5.74, 6) is 1.71. The number of benzene rings is 5. The smallest absolute Gasteiger partial charge is 0.164 e. The van der Waals surface area contributed by atoms with Gasteiger partial charge in [0.2, 0.25) is 0 Å². The van der Waals surface area contributed by atoms with E-state index in [-0.39, 0.29) is 0 Å². The van der Waals surface area contributed by atoms with Gasteiger partial charge in [-0.2, -0.15) is 0 Å². The number of nitrogens with zero attached hydrogens (tertiary/aromatic N) is 7. The van der Waals surface area contributed by atoms with E-state index < -0.39 is 0 Å². The zero-order chi connectivity index (χ0) is 41.4. The second-order valence-electron chi connectivity index (χ2n) is 14.3. The van der Waals surface area contributed by atoms with Gasteiger partial charge in [0.15, 0.2) is 17.5 Å². The molecule has 9 rings (SSSR count). The number of aliphatic imine (C=N–C) groups is 1. The van der Waals surface area contributed by atoms with E-state index in [1.54, 1.807) is 12.3 Å². The number of rotatable bonds is 11. The minimum atomic E-state index is 0.546. The van der Waals surface area contributed by atoms with Crippen molar-refractivity contribution in [2.75, 3.05) is 0 Å². The fourth-order valence-electron chi connectivity index (χ4n) is 7.21. The number of pyridine rings is 3. The fraction of sp³-hybridized carbons (Fsp3) is 0.0185. The van der Waals surface area contributed by atoms with Gasteiger partial charge < -0.3 is 0 Å². The summed E-state index contributed by atoms with van der Waals surface area (Å²) in [6.07, 6.45) is 10.9. The van der Waals surface area contributed by atoms with Crippen molar-refractivity contribution in [3.8, 4) is 90.2 Å². The number of aromatic nitrogens is 6. The summed E-state index contributed by atoms with van der Waals surface area (Å²) < 4.78 is 0. The van der Waals surface area contributed by atoms with Gasteiger partial charge in [0.1, 0.15) is 0 Å². The average Bonchev–Trinajstić information content (AvgIpc) is 3.35. The van der Waals surface area contributed by atoms with Crippen LogP contribution in [0.2, 0.25) is 0 Å². The van der Waals surface area contributed by atoms with E-state index in [1.807, 2.05) is 147 Å². The molecule has 0 unspecified atom stereocenters. The fourth-order valence-corrected chi connectivity index (χ4v) is 7.21. The van der Waals surface area contributed by atoms with Crippen molar-refractivity contribution in [2.24, 2.45) is 4.99 Å². The molecule has 290 valence electrons. The van der Waals surface area contributed by atoms with Gasteiger partial charge in [-0.3, -0.25) is 19.9 Å². The second-order valence-corrected chi connectivity index (χ2v) is 14.3. The molecule has 0 saturated carbocycles. The lowest BCUT2D eigenvalue weighted by molar-refractivity contribution is 1.07. The monoisotopic (exact) mass is 785 g/mol. The molecule has 0 spiro atoms. The Kier molecular flexibility index (Phi) is 11.1. The highest BCUT2D eigenvalue weighted by atomic mass is 15.0. The summed E-state index contributed by atoms with van der Waals surface area (Å²) in [6.45, 7) is 6.07. The number of hydrogen-bond acceptors (Lipinski definition) is 7. The highest BCUT2D eigenvalue weighted by Gasteiger charge is 2.18. The molecule has 0 amide bonds. The van der Waals surface area contributed by atoms with Crippen LogP contribution in [0, 0.1) is 0 Å². The van der Waals surface area contributed by atoms with E-state index >= 15 is 0 Å². The van der Waals surface area contributed by atoms with Crippen molar-refractivity contribution in [2.45, 2.75) is 6.92 Å². The summed E-state index contributed by atoms with van der Waals surface area (Å²) in [5, 5.41) is 0. The van der Waals surface area contributed by atoms with Crippen LogP contribution in [0.3, 0.4) is 0 Å². The number of hydrogen-bond donors (Lipinski definition) is 0. The van der Waals surface area contributed by atoms with Crippen LogP contribution in [-0.4, -0.2) is 35.6 Å². The normalized spacial score (nSPS) is 11.5. The first-order valence-corrected chi connectivity index (χ1v) is 20.0. The quantitative estimate of drug-likeness (QED) is 0.121. The molecular weight excluding hydrogens is 747 g/mol. The first-order chi connectivity index (χ1) is 30.1. The molecule has 0 N–H and O–H groups in total. The Balaban J connectivity index is 1.33. The summed E-state index contributed by atoms with van der Waals surface area (Å²) >= 11 is 0. The highest BCUT2D eigenvalue weighted by Crippen LogP contribution is 2.38. The lowest BCUT2D eigenvalue weighted by Crippen LogP contribution is -2.01. The molecule has 7 heteroatoms. The summed E-state index contributed by atoms with van der Waals surface area (Å²) in [4.78, 5) is 34.3. The van der Waals surface area contributed by atoms with E-state index in [1.165, 1.54) is 0 Å². The molecule has 0 aliphatic rings. The second kappa shape index (κ2) is 17.7. The maximum Gasteiger partial charge on any atom is 0.164 e. The Morgan fingerprint density at radius 3 is 1.20 bits per heavy atom. The van der Waals surface area contributed by atoms with Gasteiger partial charge in [-0.25, -0.2) is 15.0 Å². The van der Waals surface area contributed by atoms with Crippen molar-refractivity contribution >= 4 is 5.71 Å². The van der Waals surface area contributed by atoms with Gasteiger partial charge in [-0.15, -0.1) is 0 Å². The SMILES string of the molecule is C=C/C(=N\C=C/C)c1cc(-c2cc(-c3cc(-c4ccccn4)cc(-c4ccccn4)c3)cc(-c3nc(-c4ccccc4)nc(-c4ccccc4)n3)c2)cc(-c2ccccn2)c1. The van der Waals surface area contributed by atoms with Crippen LogP contribution in [0.1, 0.15) is 12.5 Å². The predicted octanol–water partition coefficient (Wildman–Crippen LogP) is 12.9. The maximum absolute atomic E-state index is 5.16. The lowest BCUT2D eigenvalue weighted by atomic mass is 9.90. The molecule has 4 aromatic heterocycles. The highest BCUT2D eigenvalue weighted by molar-refractivity contribution is 6.10. The Labute approximate surface area is 355 Å². The van der Waals surface area contributed by atoms with Gasteiger partial charge in [-0.1, -0.05) is 91.5 Å². The van der Waals surface area contributed by atoms with Crippen molar-refractivity contribution in [3.05, 3.63) is 219 Å². The first kappa shape index (κ1) is 38.2. The number of allylic oxidation sites excluding steroid dienone is 2. The van der Waals surface area contributed by atoms with Crippen LogP contribution in [0.25, 0.3) is 90.2 Å². The third-order valence-corrected chi connectivity index (χ3v) is 10.2. The zero-order valence-electron chi connectivity index (χ0n) is 33.5. The molecular formula is C54H39N7. The Morgan fingerprint density at radius 1 is 0.410 bits per heavy atom. The largest absolute Gasteiger partial charge is 0.257 e. The van der Waals surface area contributed by atoms with Crippen LogP contribution in [0.5, 0.6) is 0 Å². The summed E-state index contributed by atoms with van der Waals surface area (Å²) in [5.41, 5.74) is 13.6. The molecule has 0 bridgehead atoms. The topological polar surface area (TPSA) is 89.7 Å². The zero-order valence-corrected chi connectivity index (χ0v) is 33.5. The van der Waals surface area contributed by atoms with Crippen LogP contribution in [0.4, 0.5) is 0 Å². The third-order valence-electron chi connectivity index (χ3n) is 10.2. The molecule has 0 atom stereocenters. The molecule has 61 heavy (non-hydrogen) atoms. The molecule has 0 radical (unpaired) electrons. The average molecular weight is 786 g/mol. The maximum atomic E-state index is 5.16.